The third-order valence-corrected chi connectivity index (χ3v) is 3.14. The second kappa shape index (κ2) is 6.76. The van der Waals surface area contributed by atoms with Gasteiger partial charge < -0.3 is 0 Å². The van der Waals surface area contributed by atoms with E-state index in [0.717, 1.165) is 4.47 Å². The van der Waals surface area contributed by atoms with Gasteiger partial charge in [0.2, 0.25) is 0 Å². The zero-order valence-electron chi connectivity index (χ0n) is 10.7. The Morgan fingerprint density at radius 2 is 1.86 bits per heavy atom. The summed E-state index contributed by atoms with van der Waals surface area (Å²) >= 11 is 3.27. The van der Waals surface area contributed by atoms with E-state index in [-0.39, 0.29) is 5.69 Å². The molecule has 0 heterocycles. The molecule has 6 nitrogen and oxygen atoms in total. The summed E-state index contributed by atoms with van der Waals surface area (Å²) < 4.78 is 0.863. The summed E-state index contributed by atoms with van der Waals surface area (Å²) in [7, 11) is 0. The first-order valence-electron chi connectivity index (χ1n) is 5.90. The van der Waals surface area contributed by atoms with Gasteiger partial charge in [-0.1, -0.05) is 28.1 Å². The number of hydrazone groups is 1. The van der Waals surface area contributed by atoms with Crippen LogP contribution in [0, 0.1) is 10.1 Å². The molecule has 0 aliphatic rings. The quantitative estimate of drug-likeness (QED) is 0.523. The second-order valence-corrected chi connectivity index (χ2v) is 4.94. The van der Waals surface area contributed by atoms with Gasteiger partial charge in [-0.15, -0.1) is 0 Å². The largest absolute Gasteiger partial charge is 0.278 e. The minimum atomic E-state index is -0.502. The van der Waals surface area contributed by atoms with E-state index >= 15 is 0 Å². The van der Waals surface area contributed by atoms with Crippen LogP contribution in [-0.2, 0) is 0 Å². The summed E-state index contributed by atoms with van der Waals surface area (Å²) in [6, 6.07) is 12.9. The fraction of sp³-hybridized carbons (Fsp3) is 0. The third kappa shape index (κ3) is 3.96. The fourth-order valence-electron chi connectivity index (χ4n) is 1.59. The molecule has 0 saturated carbocycles. The maximum atomic E-state index is 11.8. The molecule has 0 aromatic heterocycles. The predicted octanol–water partition coefficient (Wildman–Crippen LogP) is 3.12. The number of nitro benzene ring substituents is 1. The highest BCUT2D eigenvalue weighted by Crippen LogP contribution is 2.15. The molecule has 0 unspecified atom stereocenters. The normalized spacial score (nSPS) is 10.5. The first-order valence-corrected chi connectivity index (χ1v) is 6.69. The molecule has 0 bridgehead atoms. The summed E-state index contributed by atoms with van der Waals surface area (Å²) in [5, 5.41) is 14.6. The van der Waals surface area contributed by atoms with E-state index < -0.39 is 10.8 Å². The van der Waals surface area contributed by atoms with Gasteiger partial charge in [0, 0.05) is 16.1 Å². The van der Waals surface area contributed by atoms with Crippen LogP contribution in [0.4, 0.5) is 5.69 Å². The van der Waals surface area contributed by atoms with E-state index in [1.807, 2.05) is 0 Å². The molecular formula is C14H10BrN3O3. The van der Waals surface area contributed by atoms with Gasteiger partial charge in [-0.25, -0.2) is 5.43 Å². The van der Waals surface area contributed by atoms with E-state index in [1.165, 1.54) is 12.3 Å². The standard InChI is InChI=1S/C14H10BrN3O3/c15-12-7-5-10(6-8-12)14(19)17-16-9-11-3-1-2-4-13(11)18(20)21/h1-9H,(H,17,19). The van der Waals surface area contributed by atoms with Crippen LogP contribution in [0.3, 0.4) is 0 Å². The molecule has 0 spiro atoms. The van der Waals surface area contributed by atoms with Gasteiger partial charge in [0.15, 0.2) is 0 Å². The predicted molar refractivity (Wildman–Crippen MR) is 82.3 cm³/mol. The number of halogens is 1. The van der Waals surface area contributed by atoms with Crippen molar-refractivity contribution < 1.29 is 9.72 Å². The summed E-state index contributed by atoms with van der Waals surface area (Å²) in [6.45, 7) is 0. The number of carbonyl (C=O) groups is 1. The van der Waals surface area contributed by atoms with Crippen molar-refractivity contribution in [3.8, 4) is 0 Å². The molecule has 0 fully saturated rings. The van der Waals surface area contributed by atoms with Crippen molar-refractivity contribution in [3.05, 3.63) is 74.2 Å². The molecule has 21 heavy (non-hydrogen) atoms. The first kappa shape index (κ1) is 14.9. The summed E-state index contributed by atoms with van der Waals surface area (Å²) in [6.07, 6.45) is 1.24. The van der Waals surface area contributed by atoms with Gasteiger partial charge in [0.1, 0.15) is 0 Å². The maximum Gasteiger partial charge on any atom is 0.278 e. The highest BCUT2D eigenvalue weighted by Gasteiger charge is 2.10. The fourth-order valence-corrected chi connectivity index (χ4v) is 1.85. The highest BCUT2D eigenvalue weighted by molar-refractivity contribution is 9.10. The zero-order valence-corrected chi connectivity index (χ0v) is 12.3. The van der Waals surface area contributed by atoms with E-state index in [0.29, 0.717) is 11.1 Å². The highest BCUT2D eigenvalue weighted by atomic mass is 79.9. The number of hydrogen-bond donors (Lipinski definition) is 1. The van der Waals surface area contributed by atoms with E-state index in [1.54, 1.807) is 42.5 Å². The summed E-state index contributed by atoms with van der Waals surface area (Å²) in [4.78, 5) is 22.1. The molecule has 0 aliphatic heterocycles. The molecule has 0 aliphatic carbocycles. The van der Waals surface area contributed by atoms with Crippen molar-refractivity contribution in [1.82, 2.24) is 5.43 Å². The lowest BCUT2D eigenvalue weighted by molar-refractivity contribution is -0.385. The van der Waals surface area contributed by atoms with Crippen LogP contribution < -0.4 is 5.43 Å². The number of para-hydroxylation sites is 1. The van der Waals surface area contributed by atoms with Crippen molar-refractivity contribution in [2.45, 2.75) is 0 Å². The number of nitrogens with zero attached hydrogens (tertiary/aromatic N) is 2. The minimum absolute atomic E-state index is 0.0702. The molecule has 7 heteroatoms. The lowest BCUT2D eigenvalue weighted by Gasteiger charge is -2.00. The molecule has 0 saturated heterocycles. The maximum absolute atomic E-state index is 11.8. The van der Waals surface area contributed by atoms with Gasteiger partial charge in [0.05, 0.1) is 16.7 Å². The Bertz CT molecular complexity index is 699. The van der Waals surface area contributed by atoms with Crippen molar-refractivity contribution in [3.63, 3.8) is 0 Å². The molecule has 1 amide bonds. The van der Waals surface area contributed by atoms with Crippen LogP contribution >= 0.6 is 15.9 Å². The van der Waals surface area contributed by atoms with Crippen molar-refractivity contribution in [2.24, 2.45) is 5.10 Å². The number of nitro groups is 1. The monoisotopic (exact) mass is 347 g/mol. The number of hydrogen-bond acceptors (Lipinski definition) is 4. The van der Waals surface area contributed by atoms with E-state index in [2.05, 4.69) is 26.5 Å². The van der Waals surface area contributed by atoms with Crippen LogP contribution in [0.2, 0.25) is 0 Å². The number of nitrogens with one attached hydrogen (secondary N) is 1. The van der Waals surface area contributed by atoms with Gasteiger partial charge in [0.25, 0.3) is 11.6 Å². The lowest BCUT2D eigenvalue weighted by atomic mass is 10.2. The topological polar surface area (TPSA) is 84.6 Å². The van der Waals surface area contributed by atoms with Gasteiger partial charge in [-0.05, 0) is 30.3 Å². The number of carbonyl (C=O) groups excluding carboxylic acids is 1. The Balaban J connectivity index is 2.07. The van der Waals surface area contributed by atoms with Gasteiger partial charge in [-0.3, -0.25) is 14.9 Å². The third-order valence-electron chi connectivity index (χ3n) is 2.61. The van der Waals surface area contributed by atoms with Crippen molar-refractivity contribution in [1.29, 1.82) is 0 Å². The van der Waals surface area contributed by atoms with Crippen molar-refractivity contribution >= 4 is 33.7 Å². The van der Waals surface area contributed by atoms with Crippen LogP contribution in [0.1, 0.15) is 15.9 Å². The number of amides is 1. The van der Waals surface area contributed by atoms with Crippen LogP contribution in [-0.4, -0.2) is 17.0 Å². The van der Waals surface area contributed by atoms with Gasteiger partial charge >= 0.3 is 0 Å². The molecule has 0 radical (unpaired) electrons. The number of benzene rings is 2. The Morgan fingerprint density at radius 3 is 2.52 bits per heavy atom. The summed E-state index contributed by atoms with van der Waals surface area (Å²) in [5.74, 6) is -0.391. The molecule has 0 atom stereocenters. The molecular weight excluding hydrogens is 338 g/mol. The summed E-state index contributed by atoms with van der Waals surface area (Å²) in [5.41, 5.74) is 3.02. The Kier molecular flexibility index (Phi) is 4.78. The van der Waals surface area contributed by atoms with E-state index in [4.69, 9.17) is 0 Å². The SMILES string of the molecule is O=C(NN=Cc1ccccc1[N+](=O)[O-])c1ccc(Br)cc1. The molecule has 2 aromatic carbocycles. The zero-order chi connectivity index (χ0) is 15.2. The molecule has 1 N–H and O–H groups in total. The van der Waals surface area contributed by atoms with Gasteiger partial charge in [-0.2, -0.15) is 5.10 Å². The number of rotatable bonds is 4. The minimum Gasteiger partial charge on any atom is -0.267 e. The average Bonchev–Trinajstić information content (AvgIpc) is 2.48. The Labute approximate surface area is 128 Å². The van der Waals surface area contributed by atoms with Crippen LogP contribution in [0.25, 0.3) is 0 Å². The van der Waals surface area contributed by atoms with Crippen LogP contribution in [0.5, 0.6) is 0 Å². The molecule has 2 rings (SSSR count). The van der Waals surface area contributed by atoms with Crippen molar-refractivity contribution in [2.75, 3.05) is 0 Å². The lowest BCUT2D eigenvalue weighted by Crippen LogP contribution is -2.17. The molecule has 106 valence electrons. The Hall–Kier alpha value is -2.54. The Morgan fingerprint density at radius 1 is 1.19 bits per heavy atom. The smallest absolute Gasteiger partial charge is 0.267 e. The first-order chi connectivity index (χ1) is 10.1. The van der Waals surface area contributed by atoms with E-state index in [9.17, 15) is 14.9 Å². The second-order valence-electron chi connectivity index (χ2n) is 4.02. The average molecular weight is 348 g/mol. The van der Waals surface area contributed by atoms with Crippen LogP contribution in [0.15, 0.2) is 58.1 Å². The molecule has 2 aromatic rings.